The summed E-state index contributed by atoms with van der Waals surface area (Å²) >= 11 is 8.09. The Morgan fingerprint density at radius 1 is 1.02 bits per heavy atom. The maximum atomic E-state index is 6.47. The molecule has 5 aromatic rings. The van der Waals surface area contributed by atoms with Gasteiger partial charge in [0.05, 0.1) is 45.9 Å². The summed E-state index contributed by atoms with van der Waals surface area (Å²) in [5.41, 5.74) is 2.41. The van der Waals surface area contributed by atoms with E-state index < -0.39 is 0 Å². The maximum Gasteiger partial charge on any atom is 0.257 e. The van der Waals surface area contributed by atoms with Crippen molar-refractivity contribution in [3.63, 3.8) is 0 Å². The Kier molecular flexibility index (Phi) is 10.5. The number of aromatic nitrogens is 9. The van der Waals surface area contributed by atoms with E-state index in [1.807, 2.05) is 38.4 Å². The molecule has 1 aliphatic carbocycles. The molecule has 2 fully saturated rings. The molecular weight excluding hydrogens is 678 g/mol. The molecule has 1 saturated heterocycles. The van der Waals surface area contributed by atoms with E-state index in [4.69, 9.17) is 30.9 Å². The minimum absolute atomic E-state index is 0.209. The van der Waals surface area contributed by atoms with E-state index in [0.717, 1.165) is 65.5 Å². The number of thiazole rings is 1. The van der Waals surface area contributed by atoms with Crippen LogP contribution in [0.15, 0.2) is 49.3 Å². The number of hydrogen-bond acceptors (Lipinski definition) is 13. The Balaban J connectivity index is 1.04. The van der Waals surface area contributed by atoms with Crippen molar-refractivity contribution < 1.29 is 14.2 Å². The molecule has 264 valence electrons. The summed E-state index contributed by atoms with van der Waals surface area (Å²) in [6.45, 7) is 11.1. The highest BCUT2D eigenvalue weighted by atomic mass is 35.5. The van der Waals surface area contributed by atoms with E-state index in [9.17, 15) is 0 Å². The Labute approximate surface area is 300 Å². The molecule has 0 radical (unpaired) electrons. The van der Waals surface area contributed by atoms with Crippen LogP contribution >= 0.6 is 22.9 Å². The van der Waals surface area contributed by atoms with E-state index in [2.05, 4.69) is 59.2 Å². The summed E-state index contributed by atoms with van der Waals surface area (Å²) < 4.78 is 22.0. The highest BCUT2D eigenvalue weighted by Gasteiger charge is 2.32. The van der Waals surface area contributed by atoms with Crippen LogP contribution in [-0.4, -0.2) is 87.3 Å². The molecule has 4 aromatic heterocycles. The number of benzene rings is 1. The Bertz CT molecular complexity index is 1830. The van der Waals surface area contributed by atoms with Crippen molar-refractivity contribution in [1.29, 1.82) is 0 Å². The molecular formula is C34H42ClN11O3S. The molecule has 3 atom stereocenters. The number of anilines is 2. The second kappa shape index (κ2) is 15.4. The van der Waals surface area contributed by atoms with Crippen molar-refractivity contribution in [2.24, 2.45) is 0 Å². The molecule has 1 N–H and O–H groups in total. The molecule has 5 heterocycles. The summed E-state index contributed by atoms with van der Waals surface area (Å²) in [6, 6.07) is 6.47. The van der Waals surface area contributed by atoms with Gasteiger partial charge in [0.25, 0.3) is 5.88 Å². The normalized spacial score (nSPS) is 21.9. The smallest absolute Gasteiger partial charge is 0.257 e. The molecule has 1 aliphatic heterocycles. The van der Waals surface area contributed by atoms with Gasteiger partial charge in [-0.2, -0.15) is 0 Å². The van der Waals surface area contributed by atoms with Gasteiger partial charge in [-0.3, -0.25) is 9.58 Å². The van der Waals surface area contributed by atoms with Crippen LogP contribution in [0, 0.1) is 6.92 Å². The van der Waals surface area contributed by atoms with Crippen LogP contribution in [0.3, 0.4) is 0 Å². The minimum atomic E-state index is -0.209. The first-order valence-electron chi connectivity index (χ1n) is 17.0. The number of nitrogens with one attached hydrogen (secondary N) is 1. The van der Waals surface area contributed by atoms with E-state index in [0.29, 0.717) is 41.8 Å². The zero-order valence-electron chi connectivity index (χ0n) is 28.6. The highest BCUT2D eigenvalue weighted by molar-refractivity contribution is 7.11. The molecule has 1 saturated carbocycles. The van der Waals surface area contributed by atoms with Crippen LogP contribution in [-0.2, 0) is 17.9 Å². The summed E-state index contributed by atoms with van der Waals surface area (Å²) in [6.07, 6.45) is 13.7. The van der Waals surface area contributed by atoms with Crippen molar-refractivity contribution >= 4 is 34.6 Å². The molecule has 14 nitrogen and oxygen atoms in total. The lowest BCUT2D eigenvalue weighted by Crippen LogP contribution is -2.51. The number of nitrogens with zero attached hydrogens (tertiary/aromatic N) is 10. The summed E-state index contributed by atoms with van der Waals surface area (Å²) in [5.74, 6) is 1.50. The number of tetrazole rings is 1. The van der Waals surface area contributed by atoms with Crippen LogP contribution in [0.4, 0.5) is 11.6 Å². The topological polar surface area (TPSA) is 143 Å². The zero-order chi connectivity index (χ0) is 34.6. The van der Waals surface area contributed by atoms with Crippen LogP contribution < -0.4 is 14.8 Å². The van der Waals surface area contributed by atoms with Gasteiger partial charge in [0, 0.05) is 43.3 Å². The third-order valence-electron chi connectivity index (χ3n) is 9.05. The Hall–Kier alpha value is -4.18. The molecule has 7 rings (SSSR count). The molecule has 0 amide bonds. The first kappa shape index (κ1) is 34.3. The lowest BCUT2D eigenvalue weighted by atomic mass is 9.89. The van der Waals surface area contributed by atoms with Crippen LogP contribution in [0.2, 0.25) is 5.02 Å². The van der Waals surface area contributed by atoms with Gasteiger partial charge in [-0.1, -0.05) is 17.7 Å². The standard InChI is InChI=1S/C34H42ClN11O3S/c1-21-15-44(16-22(2)48-21)27-6-8-28(9-7-27)46-18-31(33(41-46)47-19-29-14-36-24(4)50-29)40-34-37-12-26(13-38-34)25-5-10-30(35)32(11-25)49-23(3)17-45-20-39-42-43-45/h5,10-14,18,20-23,27-28H,6-9,15-17,19H2,1-4H3,(H,37,38,40)/t21-,22+,23-,27?,28?/m0/s1. The molecule has 0 unspecified atom stereocenters. The predicted molar refractivity (Wildman–Crippen MR) is 190 cm³/mol. The number of halogens is 1. The molecule has 0 spiro atoms. The van der Waals surface area contributed by atoms with E-state index >= 15 is 0 Å². The molecule has 16 heteroatoms. The number of rotatable bonds is 12. The zero-order valence-corrected chi connectivity index (χ0v) is 30.2. The van der Waals surface area contributed by atoms with E-state index in [1.165, 1.54) is 0 Å². The monoisotopic (exact) mass is 719 g/mol. The van der Waals surface area contributed by atoms with Crippen molar-refractivity contribution in [3.8, 4) is 22.8 Å². The summed E-state index contributed by atoms with van der Waals surface area (Å²) in [5, 5.41) is 21.0. The van der Waals surface area contributed by atoms with Crippen molar-refractivity contribution in [1.82, 2.24) is 49.8 Å². The van der Waals surface area contributed by atoms with Gasteiger partial charge >= 0.3 is 0 Å². The van der Waals surface area contributed by atoms with Crippen molar-refractivity contribution in [2.75, 3.05) is 18.4 Å². The second-order valence-corrected chi connectivity index (χ2v) is 14.9. The van der Waals surface area contributed by atoms with Crippen molar-refractivity contribution in [3.05, 3.63) is 64.2 Å². The lowest BCUT2D eigenvalue weighted by Gasteiger charge is -2.42. The number of aryl methyl sites for hydroxylation is 1. The van der Waals surface area contributed by atoms with Gasteiger partial charge < -0.3 is 19.5 Å². The van der Waals surface area contributed by atoms with Gasteiger partial charge in [0.1, 0.15) is 30.5 Å². The lowest BCUT2D eigenvalue weighted by molar-refractivity contribution is -0.0852. The Morgan fingerprint density at radius 2 is 1.78 bits per heavy atom. The summed E-state index contributed by atoms with van der Waals surface area (Å²) in [4.78, 5) is 17.3. The first-order chi connectivity index (χ1) is 24.3. The third kappa shape index (κ3) is 8.40. The average Bonchev–Trinajstić information content (AvgIpc) is 3.87. The fraction of sp³-hybridized carbons (Fsp3) is 0.500. The molecule has 0 bridgehead atoms. The van der Waals surface area contributed by atoms with Gasteiger partial charge in [-0.05, 0) is 81.5 Å². The van der Waals surface area contributed by atoms with Crippen LogP contribution in [0.25, 0.3) is 11.1 Å². The predicted octanol–water partition coefficient (Wildman–Crippen LogP) is 6.13. The number of morpholine rings is 1. The highest BCUT2D eigenvalue weighted by Crippen LogP contribution is 2.36. The van der Waals surface area contributed by atoms with Gasteiger partial charge in [0.15, 0.2) is 0 Å². The third-order valence-corrected chi connectivity index (χ3v) is 10.2. The number of hydrogen-bond donors (Lipinski definition) is 1. The average molecular weight is 720 g/mol. The largest absolute Gasteiger partial charge is 0.487 e. The van der Waals surface area contributed by atoms with Gasteiger partial charge in [-0.15, -0.1) is 21.5 Å². The first-order valence-corrected chi connectivity index (χ1v) is 18.2. The van der Waals surface area contributed by atoms with E-state index in [1.54, 1.807) is 40.8 Å². The second-order valence-electron chi connectivity index (χ2n) is 13.2. The van der Waals surface area contributed by atoms with Gasteiger partial charge in [-0.25, -0.2) is 19.6 Å². The summed E-state index contributed by atoms with van der Waals surface area (Å²) in [7, 11) is 0. The fourth-order valence-electron chi connectivity index (χ4n) is 6.79. The minimum Gasteiger partial charge on any atom is -0.487 e. The van der Waals surface area contributed by atoms with Gasteiger partial charge in [0.2, 0.25) is 5.95 Å². The SMILES string of the molecule is Cc1ncc(COc2nn(C3CCC(N4C[C@@H](C)O[C@@H](C)C4)CC3)cc2Nc2ncc(-c3ccc(Cl)c(O[C@@H](C)Cn4cnnn4)c3)cn2)s1. The van der Waals surface area contributed by atoms with Crippen molar-refractivity contribution in [2.45, 2.75) is 96.9 Å². The van der Waals surface area contributed by atoms with Crippen LogP contribution in [0.1, 0.15) is 62.4 Å². The quantitative estimate of drug-likeness (QED) is 0.159. The molecule has 50 heavy (non-hydrogen) atoms. The molecule has 1 aromatic carbocycles. The van der Waals surface area contributed by atoms with Crippen LogP contribution in [0.5, 0.6) is 11.6 Å². The fourth-order valence-corrected chi connectivity index (χ4v) is 7.66. The Morgan fingerprint density at radius 3 is 2.48 bits per heavy atom. The maximum absolute atomic E-state index is 6.47. The number of ether oxygens (including phenoxy) is 3. The van der Waals surface area contributed by atoms with E-state index in [-0.39, 0.29) is 24.4 Å². The molecule has 2 aliphatic rings.